The molecular weight excluding hydrogens is 328 g/mol. The molecule has 0 aliphatic rings. The van der Waals surface area contributed by atoms with Gasteiger partial charge < -0.3 is 15.2 Å². The summed E-state index contributed by atoms with van der Waals surface area (Å²) >= 11 is 0. The molecule has 3 aromatic rings. The first-order valence-electron chi connectivity index (χ1n) is 8.24. The summed E-state index contributed by atoms with van der Waals surface area (Å²) in [7, 11) is 1.54. The summed E-state index contributed by atoms with van der Waals surface area (Å²) in [6.07, 6.45) is 0. The maximum absolute atomic E-state index is 12.6. The highest BCUT2D eigenvalue weighted by Gasteiger charge is 2.13. The third-order valence-corrected chi connectivity index (χ3v) is 4.11. The quantitative estimate of drug-likeness (QED) is 0.735. The summed E-state index contributed by atoms with van der Waals surface area (Å²) in [5.41, 5.74) is 4.19. The number of aryl methyl sites for hydroxylation is 1. The Labute approximate surface area is 152 Å². The van der Waals surface area contributed by atoms with Gasteiger partial charge in [-0.25, -0.2) is 0 Å². The van der Waals surface area contributed by atoms with Gasteiger partial charge in [0.05, 0.1) is 30.7 Å². The maximum Gasteiger partial charge on any atom is 0.257 e. The number of hydrogen-bond acceptors (Lipinski definition) is 4. The van der Waals surface area contributed by atoms with Gasteiger partial charge in [0.2, 0.25) is 0 Å². The fraction of sp³-hybridized carbons (Fsp3) is 0.143. The zero-order valence-electron chi connectivity index (χ0n) is 14.7. The Bertz CT molecular complexity index is 924. The van der Waals surface area contributed by atoms with Gasteiger partial charge in [0.15, 0.2) is 0 Å². The minimum Gasteiger partial charge on any atom is -0.496 e. The van der Waals surface area contributed by atoms with Crippen molar-refractivity contribution in [1.82, 2.24) is 4.98 Å². The third kappa shape index (κ3) is 3.73. The smallest absolute Gasteiger partial charge is 0.257 e. The molecule has 0 fully saturated rings. The summed E-state index contributed by atoms with van der Waals surface area (Å²) in [4.78, 5) is 17.1. The predicted molar refractivity (Wildman–Crippen MR) is 101 cm³/mol. The standard InChI is InChI=1S/C21H20N2O3/c1-14-18(9-10-19(22-14)15-6-4-3-5-7-15)21(25)23-17-8-11-20(26-2)16(12-17)13-24/h3-12,24H,13H2,1-2H3,(H,23,25). The van der Waals surface area contributed by atoms with Crippen molar-refractivity contribution in [2.75, 3.05) is 12.4 Å². The van der Waals surface area contributed by atoms with Gasteiger partial charge in [0.25, 0.3) is 5.91 Å². The average molecular weight is 348 g/mol. The Kier molecular flexibility index (Phi) is 5.29. The monoisotopic (exact) mass is 348 g/mol. The molecule has 1 aromatic heterocycles. The second kappa shape index (κ2) is 7.80. The van der Waals surface area contributed by atoms with E-state index in [-0.39, 0.29) is 12.5 Å². The lowest BCUT2D eigenvalue weighted by Gasteiger charge is -2.11. The molecule has 0 spiro atoms. The first kappa shape index (κ1) is 17.6. The first-order chi connectivity index (χ1) is 12.6. The Morgan fingerprint density at radius 2 is 1.88 bits per heavy atom. The second-order valence-corrected chi connectivity index (χ2v) is 5.83. The van der Waals surface area contributed by atoms with E-state index < -0.39 is 0 Å². The number of anilines is 1. The SMILES string of the molecule is COc1ccc(NC(=O)c2ccc(-c3ccccc3)nc2C)cc1CO. The van der Waals surface area contributed by atoms with E-state index in [1.807, 2.05) is 43.3 Å². The molecule has 0 radical (unpaired) electrons. The number of aromatic nitrogens is 1. The number of rotatable bonds is 5. The molecule has 0 saturated heterocycles. The van der Waals surface area contributed by atoms with E-state index in [2.05, 4.69) is 10.3 Å². The molecule has 0 atom stereocenters. The average Bonchev–Trinajstić information content (AvgIpc) is 2.68. The molecule has 0 bridgehead atoms. The van der Waals surface area contributed by atoms with E-state index in [4.69, 9.17) is 4.74 Å². The van der Waals surface area contributed by atoms with E-state index in [0.29, 0.717) is 28.3 Å². The van der Waals surface area contributed by atoms with Crippen LogP contribution in [0.2, 0.25) is 0 Å². The first-order valence-corrected chi connectivity index (χ1v) is 8.24. The van der Waals surface area contributed by atoms with Crippen LogP contribution in [0.5, 0.6) is 5.75 Å². The van der Waals surface area contributed by atoms with Crippen LogP contribution in [-0.4, -0.2) is 23.1 Å². The fourth-order valence-corrected chi connectivity index (χ4v) is 2.75. The Balaban J connectivity index is 1.82. The number of amides is 1. The van der Waals surface area contributed by atoms with Gasteiger partial charge >= 0.3 is 0 Å². The lowest BCUT2D eigenvalue weighted by Crippen LogP contribution is -2.14. The number of nitrogens with zero attached hydrogens (tertiary/aromatic N) is 1. The zero-order valence-corrected chi connectivity index (χ0v) is 14.7. The molecule has 1 amide bonds. The molecule has 1 heterocycles. The number of aliphatic hydroxyl groups excluding tert-OH is 1. The van der Waals surface area contributed by atoms with Gasteiger partial charge in [-0.2, -0.15) is 0 Å². The predicted octanol–water partition coefficient (Wildman–Crippen LogP) is 3.81. The molecule has 26 heavy (non-hydrogen) atoms. The molecule has 3 rings (SSSR count). The van der Waals surface area contributed by atoms with E-state index in [1.54, 1.807) is 24.3 Å². The van der Waals surface area contributed by atoms with Crippen molar-refractivity contribution in [3.8, 4) is 17.0 Å². The van der Waals surface area contributed by atoms with E-state index in [9.17, 15) is 9.90 Å². The molecule has 5 heteroatoms. The van der Waals surface area contributed by atoms with Crippen molar-refractivity contribution in [1.29, 1.82) is 0 Å². The van der Waals surface area contributed by atoms with Gasteiger partial charge in [-0.3, -0.25) is 9.78 Å². The van der Waals surface area contributed by atoms with E-state index in [0.717, 1.165) is 11.3 Å². The van der Waals surface area contributed by atoms with Crippen molar-refractivity contribution in [2.24, 2.45) is 0 Å². The topological polar surface area (TPSA) is 71.5 Å². The number of pyridine rings is 1. The summed E-state index contributed by atoms with van der Waals surface area (Å²) < 4.78 is 5.17. The van der Waals surface area contributed by atoms with Crippen LogP contribution >= 0.6 is 0 Å². The third-order valence-electron chi connectivity index (χ3n) is 4.11. The summed E-state index contributed by atoms with van der Waals surface area (Å²) in [6.45, 7) is 1.65. The number of carbonyl (C=O) groups excluding carboxylic acids is 1. The number of benzene rings is 2. The van der Waals surface area contributed by atoms with Crippen LogP contribution in [0.15, 0.2) is 60.7 Å². The molecular formula is C21H20N2O3. The number of nitrogens with one attached hydrogen (secondary N) is 1. The number of aliphatic hydroxyl groups is 1. The zero-order chi connectivity index (χ0) is 18.5. The molecule has 0 aliphatic heterocycles. The van der Waals surface area contributed by atoms with Crippen molar-refractivity contribution in [3.05, 3.63) is 77.5 Å². The second-order valence-electron chi connectivity index (χ2n) is 5.83. The molecule has 5 nitrogen and oxygen atoms in total. The van der Waals surface area contributed by atoms with Crippen LogP contribution in [0.25, 0.3) is 11.3 Å². The molecule has 132 valence electrons. The van der Waals surface area contributed by atoms with Crippen LogP contribution in [0.3, 0.4) is 0 Å². The molecule has 0 saturated carbocycles. The summed E-state index contributed by atoms with van der Waals surface area (Å²) in [6, 6.07) is 18.6. The van der Waals surface area contributed by atoms with Crippen LogP contribution in [0.4, 0.5) is 5.69 Å². The van der Waals surface area contributed by atoms with Crippen LogP contribution < -0.4 is 10.1 Å². The molecule has 2 aromatic carbocycles. The van der Waals surface area contributed by atoms with Gasteiger partial charge in [0.1, 0.15) is 5.75 Å². The minimum absolute atomic E-state index is 0.167. The van der Waals surface area contributed by atoms with Crippen LogP contribution in [0.1, 0.15) is 21.6 Å². The van der Waals surface area contributed by atoms with Crippen molar-refractivity contribution in [3.63, 3.8) is 0 Å². The largest absolute Gasteiger partial charge is 0.496 e. The van der Waals surface area contributed by atoms with Gasteiger partial charge in [-0.1, -0.05) is 30.3 Å². The Hall–Kier alpha value is -3.18. The lowest BCUT2D eigenvalue weighted by atomic mass is 10.1. The lowest BCUT2D eigenvalue weighted by molar-refractivity contribution is 0.102. The van der Waals surface area contributed by atoms with Gasteiger partial charge in [-0.05, 0) is 37.3 Å². The van der Waals surface area contributed by atoms with Crippen LogP contribution in [0, 0.1) is 6.92 Å². The van der Waals surface area contributed by atoms with Gasteiger partial charge in [-0.15, -0.1) is 0 Å². The number of methoxy groups -OCH3 is 1. The minimum atomic E-state index is -0.247. The summed E-state index contributed by atoms with van der Waals surface area (Å²) in [5, 5.41) is 12.2. The van der Waals surface area contributed by atoms with Crippen molar-refractivity contribution >= 4 is 11.6 Å². The highest BCUT2D eigenvalue weighted by atomic mass is 16.5. The highest BCUT2D eigenvalue weighted by molar-refractivity contribution is 6.05. The molecule has 2 N–H and O–H groups in total. The number of carbonyl (C=O) groups is 1. The van der Waals surface area contributed by atoms with Crippen molar-refractivity contribution in [2.45, 2.75) is 13.5 Å². The highest BCUT2D eigenvalue weighted by Crippen LogP contribution is 2.24. The van der Waals surface area contributed by atoms with Crippen molar-refractivity contribution < 1.29 is 14.6 Å². The Morgan fingerprint density at radius 1 is 1.12 bits per heavy atom. The van der Waals surface area contributed by atoms with E-state index in [1.165, 1.54) is 7.11 Å². The van der Waals surface area contributed by atoms with Gasteiger partial charge in [0, 0.05) is 16.8 Å². The van der Waals surface area contributed by atoms with E-state index >= 15 is 0 Å². The maximum atomic E-state index is 12.6. The molecule has 0 aliphatic carbocycles. The number of ether oxygens (including phenoxy) is 1. The Morgan fingerprint density at radius 3 is 2.54 bits per heavy atom. The number of hydrogen-bond donors (Lipinski definition) is 2. The normalized spacial score (nSPS) is 10.4. The fourth-order valence-electron chi connectivity index (χ4n) is 2.75. The summed E-state index contributed by atoms with van der Waals surface area (Å²) in [5.74, 6) is 0.333. The molecule has 0 unspecified atom stereocenters. The van der Waals surface area contributed by atoms with Crippen LogP contribution in [-0.2, 0) is 6.61 Å².